The van der Waals surface area contributed by atoms with Crippen molar-refractivity contribution < 1.29 is 4.79 Å². The molecule has 5 heteroatoms. The number of aryl methyl sites for hydroxylation is 1. The van der Waals surface area contributed by atoms with Crippen LogP contribution in [-0.4, -0.2) is 38.7 Å². The van der Waals surface area contributed by atoms with Crippen LogP contribution in [-0.2, 0) is 13.0 Å². The van der Waals surface area contributed by atoms with Gasteiger partial charge in [-0.15, -0.1) is 10.2 Å². The van der Waals surface area contributed by atoms with Crippen molar-refractivity contribution in [1.29, 1.82) is 0 Å². The van der Waals surface area contributed by atoms with Gasteiger partial charge in [-0.05, 0) is 25.7 Å². The maximum absolute atomic E-state index is 12.4. The van der Waals surface area contributed by atoms with Crippen molar-refractivity contribution in [2.45, 2.75) is 51.5 Å². The van der Waals surface area contributed by atoms with Crippen molar-refractivity contribution >= 4 is 5.91 Å². The summed E-state index contributed by atoms with van der Waals surface area (Å²) in [6.45, 7) is 2.65. The van der Waals surface area contributed by atoms with Crippen molar-refractivity contribution in [1.82, 2.24) is 19.7 Å². The summed E-state index contributed by atoms with van der Waals surface area (Å²) < 4.78 is 2.06. The number of carbonyl (C=O) groups excluding carboxylic acids is 1. The second kappa shape index (κ2) is 5.08. The van der Waals surface area contributed by atoms with Crippen LogP contribution in [0.2, 0.25) is 0 Å². The van der Waals surface area contributed by atoms with Gasteiger partial charge in [0.05, 0.1) is 0 Å². The van der Waals surface area contributed by atoms with Gasteiger partial charge >= 0.3 is 0 Å². The van der Waals surface area contributed by atoms with Crippen molar-refractivity contribution in [2.75, 3.05) is 13.1 Å². The predicted octanol–water partition coefficient (Wildman–Crippen LogP) is 1.63. The molecule has 3 heterocycles. The smallest absolute Gasteiger partial charge is 0.291 e. The van der Waals surface area contributed by atoms with E-state index in [-0.39, 0.29) is 5.91 Å². The minimum Gasteiger partial charge on any atom is -0.336 e. The highest BCUT2D eigenvalue weighted by molar-refractivity contribution is 5.90. The third-order valence-electron chi connectivity index (χ3n) is 3.94. The molecule has 3 rings (SSSR count). The molecule has 1 aromatic rings. The molecule has 1 saturated heterocycles. The second-order valence-corrected chi connectivity index (χ2v) is 5.25. The zero-order chi connectivity index (χ0) is 12.4. The molecule has 1 amide bonds. The predicted molar refractivity (Wildman–Crippen MR) is 67.3 cm³/mol. The van der Waals surface area contributed by atoms with Crippen LogP contribution in [0.25, 0.3) is 0 Å². The van der Waals surface area contributed by atoms with E-state index in [1.165, 1.54) is 12.8 Å². The molecule has 2 aliphatic heterocycles. The average Bonchev–Trinajstić information content (AvgIpc) is 2.97. The zero-order valence-corrected chi connectivity index (χ0v) is 10.8. The summed E-state index contributed by atoms with van der Waals surface area (Å²) in [7, 11) is 0. The average molecular weight is 248 g/mol. The zero-order valence-electron chi connectivity index (χ0n) is 10.8. The van der Waals surface area contributed by atoms with Crippen molar-refractivity contribution in [3.63, 3.8) is 0 Å². The Morgan fingerprint density at radius 1 is 0.889 bits per heavy atom. The van der Waals surface area contributed by atoms with Gasteiger partial charge in [-0.2, -0.15) is 0 Å². The van der Waals surface area contributed by atoms with E-state index >= 15 is 0 Å². The number of hydrogen-bond donors (Lipinski definition) is 0. The van der Waals surface area contributed by atoms with E-state index in [0.717, 1.165) is 57.6 Å². The van der Waals surface area contributed by atoms with E-state index in [1.807, 2.05) is 4.90 Å². The number of likely N-dealkylation sites (tertiary alicyclic amines) is 1. The van der Waals surface area contributed by atoms with Crippen molar-refractivity contribution in [3.05, 3.63) is 11.6 Å². The van der Waals surface area contributed by atoms with Crippen LogP contribution in [0.5, 0.6) is 0 Å². The summed E-state index contributed by atoms with van der Waals surface area (Å²) in [5.74, 6) is 1.64. The quantitative estimate of drug-likeness (QED) is 0.759. The molecule has 18 heavy (non-hydrogen) atoms. The molecule has 0 aliphatic carbocycles. The van der Waals surface area contributed by atoms with E-state index < -0.39 is 0 Å². The summed E-state index contributed by atoms with van der Waals surface area (Å²) >= 11 is 0. The molecule has 0 radical (unpaired) electrons. The standard InChI is InChI=1S/C13H20N4O/c18-13(16-8-5-6-9-16)12-15-14-11-7-3-1-2-4-10-17(11)12/h1-10H2. The molecular weight excluding hydrogens is 228 g/mol. The Labute approximate surface area is 107 Å². The molecule has 0 saturated carbocycles. The van der Waals surface area contributed by atoms with Crippen LogP contribution < -0.4 is 0 Å². The Hall–Kier alpha value is -1.39. The lowest BCUT2D eigenvalue weighted by atomic mass is 10.1. The normalized spacial score (nSPS) is 20.3. The van der Waals surface area contributed by atoms with Gasteiger partial charge in [-0.3, -0.25) is 4.79 Å². The fourth-order valence-electron chi connectivity index (χ4n) is 2.88. The SMILES string of the molecule is O=C(c1nnc2n1CCCCCC2)N1CCCC1. The molecule has 0 aromatic carbocycles. The maximum Gasteiger partial charge on any atom is 0.291 e. The molecule has 0 unspecified atom stereocenters. The van der Waals surface area contributed by atoms with Gasteiger partial charge in [-0.1, -0.05) is 12.8 Å². The monoisotopic (exact) mass is 248 g/mol. The lowest BCUT2D eigenvalue weighted by Gasteiger charge is -2.17. The highest BCUT2D eigenvalue weighted by Crippen LogP contribution is 2.17. The van der Waals surface area contributed by atoms with Crippen LogP contribution >= 0.6 is 0 Å². The number of fused-ring (bicyclic) bond motifs is 1. The van der Waals surface area contributed by atoms with Gasteiger partial charge in [0, 0.05) is 26.1 Å². The third-order valence-corrected chi connectivity index (χ3v) is 3.94. The molecule has 0 bridgehead atoms. The fraction of sp³-hybridized carbons (Fsp3) is 0.769. The molecule has 5 nitrogen and oxygen atoms in total. The molecule has 1 aromatic heterocycles. The Morgan fingerprint density at radius 3 is 2.44 bits per heavy atom. The first-order valence-corrected chi connectivity index (χ1v) is 7.07. The summed E-state index contributed by atoms with van der Waals surface area (Å²) in [6, 6.07) is 0. The number of nitrogens with zero attached hydrogens (tertiary/aromatic N) is 4. The first kappa shape index (κ1) is 11.7. The first-order chi connectivity index (χ1) is 8.86. The third kappa shape index (κ3) is 2.13. The minimum absolute atomic E-state index is 0.0758. The Kier molecular flexibility index (Phi) is 3.30. The first-order valence-electron chi connectivity index (χ1n) is 7.07. The topological polar surface area (TPSA) is 51.0 Å². The summed E-state index contributed by atoms with van der Waals surface area (Å²) in [6.07, 6.45) is 8.00. The Balaban J connectivity index is 1.85. The highest BCUT2D eigenvalue weighted by atomic mass is 16.2. The number of amides is 1. The van der Waals surface area contributed by atoms with E-state index in [0.29, 0.717) is 5.82 Å². The second-order valence-electron chi connectivity index (χ2n) is 5.25. The molecule has 0 atom stereocenters. The Morgan fingerprint density at radius 2 is 1.61 bits per heavy atom. The molecule has 2 aliphatic rings. The van der Waals surface area contributed by atoms with E-state index in [2.05, 4.69) is 14.8 Å². The Bertz CT molecular complexity index is 434. The van der Waals surface area contributed by atoms with Crippen LogP contribution in [0.4, 0.5) is 0 Å². The van der Waals surface area contributed by atoms with Gasteiger partial charge in [0.2, 0.25) is 5.82 Å². The fourth-order valence-corrected chi connectivity index (χ4v) is 2.88. The minimum atomic E-state index is 0.0758. The molecular formula is C13H20N4O. The summed E-state index contributed by atoms with van der Waals surface area (Å²) in [4.78, 5) is 14.3. The van der Waals surface area contributed by atoms with Crippen molar-refractivity contribution in [2.24, 2.45) is 0 Å². The van der Waals surface area contributed by atoms with Gasteiger partial charge in [-0.25, -0.2) is 0 Å². The van der Waals surface area contributed by atoms with Gasteiger partial charge in [0.15, 0.2) is 0 Å². The van der Waals surface area contributed by atoms with Crippen LogP contribution in [0.3, 0.4) is 0 Å². The highest BCUT2D eigenvalue weighted by Gasteiger charge is 2.26. The number of aromatic nitrogens is 3. The van der Waals surface area contributed by atoms with E-state index in [4.69, 9.17) is 0 Å². The summed E-state index contributed by atoms with van der Waals surface area (Å²) in [5, 5.41) is 8.36. The van der Waals surface area contributed by atoms with E-state index in [1.54, 1.807) is 0 Å². The molecule has 98 valence electrons. The van der Waals surface area contributed by atoms with E-state index in [9.17, 15) is 4.79 Å². The van der Waals surface area contributed by atoms with Crippen molar-refractivity contribution in [3.8, 4) is 0 Å². The molecule has 0 spiro atoms. The largest absolute Gasteiger partial charge is 0.336 e. The molecule has 1 fully saturated rings. The number of rotatable bonds is 1. The van der Waals surface area contributed by atoms with Gasteiger partial charge < -0.3 is 9.47 Å². The number of carbonyl (C=O) groups is 1. The number of hydrogen-bond acceptors (Lipinski definition) is 3. The molecule has 0 N–H and O–H groups in total. The van der Waals surface area contributed by atoms with Crippen LogP contribution in [0.15, 0.2) is 0 Å². The van der Waals surface area contributed by atoms with Crippen LogP contribution in [0.1, 0.15) is 55.0 Å². The lowest BCUT2D eigenvalue weighted by molar-refractivity contribution is 0.0774. The summed E-state index contributed by atoms with van der Waals surface area (Å²) in [5.41, 5.74) is 0. The van der Waals surface area contributed by atoms with Crippen LogP contribution in [0, 0.1) is 0 Å². The van der Waals surface area contributed by atoms with Gasteiger partial charge in [0.1, 0.15) is 5.82 Å². The maximum atomic E-state index is 12.4. The lowest BCUT2D eigenvalue weighted by Crippen LogP contribution is -2.30. The van der Waals surface area contributed by atoms with Gasteiger partial charge in [0.25, 0.3) is 5.91 Å².